The first kappa shape index (κ1) is 22.9. The highest BCUT2D eigenvalue weighted by Gasteiger charge is 2.24. The van der Waals surface area contributed by atoms with Crippen LogP contribution in [0.1, 0.15) is 82.3 Å². The monoisotopic (exact) mass is 418 g/mol. The van der Waals surface area contributed by atoms with Crippen LogP contribution in [0, 0.1) is 17.5 Å². The van der Waals surface area contributed by atoms with Gasteiger partial charge in [0.2, 0.25) is 0 Å². The van der Waals surface area contributed by atoms with Gasteiger partial charge in [-0.1, -0.05) is 70.2 Å². The summed E-state index contributed by atoms with van der Waals surface area (Å²) < 4.78 is 49.7. The van der Waals surface area contributed by atoms with E-state index in [4.69, 9.17) is 4.74 Å². The van der Waals surface area contributed by atoms with Crippen molar-refractivity contribution in [3.8, 4) is 11.1 Å². The lowest BCUT2D eigenvalue weighted by Gasteiger charge is -2.29. The molecule has 1 aliphatic heterocycles. The Morgan fingerprint density at radius 1 is 0.867 bits per heavy atom. The summed E-state index contributed by atoms with van der Waals surface area (Å²) in [6, 6.07) is 7.89. The molecule has 1 nitrogen and oxygen atoms in total. The topological polar surface area (TPSA) is 9.23 Å². The second-order valence-corrected chi connectivity index (χ2v) is 8.47. The van der Waals surface area contributed by atoms with E-state index < -0.39 is 17.5 Å². The Bertz CT molecular complexity index is 825. The van der Waals surface area contributed by atoms with Crippen molar-refractivity contribution in [3.05, 3.63) is 58.9 Å². The van der Waals surface area contributed by atoms with E-state index in [1.54, 1.807) is 12.1 Å². The van der Waals surface area contributed by atoms with E-state index >= 15 is 0 Å². The first-order chi connectivity index (χ1) is 14.5. The summed E-state index contributed by atoms with van der Waals surface area (Å²) >= 11 is 0. The zero-order valence-corrected chi connectivity index (χ0v) is 18.2. The van der Waals surface area contributed by atoms with Crippen molar-refractivity contribution in [3.63, 3.8) is 0 Å². The van der Waals surface area contributed by atoms with Gasteiger partial charge in [0.25, 0.3) is 0 Å². The van der Waals surface area contributed by atoms with Crippen LogP contribution in [0.3, 0.4) is 0 Å². The lowest BCUT2D eigenvalue weighted by atomic mass is 9.88. The smallest absolute Gasteiger partial charge is 0.167 e. The van der Waals surface area contributed by atoms with Crippen molar-refractivity contribution in [2.24, 2.45) is 0 Å². The molecular formula is C26H33F3O. The summed E-state index contributed by atoms with van der Waals surface area (Å²) in [5.74, 6) is -2.22. The van der Waals surface area contributed by atoms with E-state index in [2.05, 4.69) is 6.92 Å². The molecule has 30 heavy (non-hydrogen) atoms. The van der Waals surface area contributed by atoms with Crippen LogP contribution >= 0.6 is 0 Å². The molecule has 2 unspecified atom stereocenters. The normalized spacial score (nSPS) is 19.2. The number of halogens is 3. The highest BCUT2D eigenvalue weighted by Crippen LogP contribution is 2.34. The van der Waals surface area contributed by atoms with Crippen LogP contribution < -0.4 is 0 Å². The predicted molar refractivity (Wildman–Crippen MR) is 116 cm³/mol. The predicted octanol–water partition coefficient (Wildman–Crippen LogP) is 7.96. The first-order valence-electron chi connectivity index (χ1n) is 11.4. The Hall–Kier alpha value is -1.81. The van der Waals surface area contributed by atoms with E-state index in [1.807, 2.05) is 13.0 Å². The number of hydrogen-bond acceptors (Lipinski definition) is 1. The van der Waals surface area contributed by atoms with Crippen molar-refractivity contribution in [1.29, 1.82) is 0 Å². The Labute approximate surface area is 178 Å². The molecule has 164 valence electrons. The van der Waals surface area contributed by atoms with Crippen LogP contribution in [0.4, 0.5) is 13.2 Å². The molecule has 3 rings (SSSR count). The summed E-state index contributed by atoms with van der Waals surface area (Å²) in [7, 11) is 0. The van der Waals surface area contributed by atoms with Gasteiger partial charge in [-0.3, -0.25) is 0 Å². The van der Waals surface area contributed by atoms with Gasteiger partial charge < -0.3 is 4.74 Å². The molecule has 0 amide bonds. The van der Waals surface area contributed by atoms with Gasteiger partial charge in [0.05, 0.1) is 12.7 Å². The lowest BCUT2D eigenvalue weighted by Crippen LogP contribution is -2.24. The van der Waals surface area contributed by atoms with Crippen molar-refractivity contribution in [1.82, 2.24) is 0 Å². The highest BCUT2D eigenvalue weighted by atomic mass is 19.2. The first-order valence-corrected chi connectivity index (χ1v) is 11.4. The SMILES string of the molecule is CCCCCCC1CCC(c2ccc(-c3ccc(CCC)c(F)c3F)c(F)c2)CO1. The number of ether oxygens (including phenoxy) is 1. The molecule has 0 aliphatic carbocycles. The zero-order chi connectivity index (χ0) is 21.5. The van der Waals surface area contributed by atoms with Gasteiger partial charge in [-0.15, -0.1) is 0 Å². The largest absolute Gasteiger partial charge is 0.378 e. The molecule has 0 bridgehead atoms. The number of hydrogen-bond donors (Lipinski definition) is 0. The van der Waals surface area contributed by atoms with Crippen molar-refractivity contribution < 1.29 is 17.9 Å². The zero-order valence-electron chi connectivity index (χ0n) is 18.2. The van der Waals surface area contributed by atoms with Crippen molar-refractivity contribution >= 4 is 0 Å². The molecule has 1 fully saturated rings. The second-order valence-electron chi connectivity index (χ2n) is 8.47. The van der Waals surface area contributed by atoms with Crippen LogP contribution in [0.5, 0.6) is 0 Å². The lowest BCUT2D eigenvalue weighted by molar-refractivity contribution is -0.00216. The van der Waals surface area contributed by atoms with Crippen LogP contribution in [0.15, 0.2) is 30.3 Å². The highest BCUT2D eigenvalue weighted by molar-refractivity contribution is 5.66. The number of benzene rings is 2. The van der Waals surface area contributed by atoms with Crippen LogP contribution in [-0.2, 0) is 11.2 Å². The standard InChI is InChI=1S/C26H33F3O/c1-3-5-6-7-9-21-13-10-20(17-30-21)19-12-14-22(24(27)16-19)23-15-11-18(8-4-2)25(28)26(23)29/h11-12,14-16,20-21H,3-10,13,17H2,1-2H3. The minimum absolute atomic E-state index is 0.0246. The average Bonchev–Trinajstić information content (AvgIpc) is 2.76. The molecule has 0 aromatic heterocycles. The van der Waals surface area contributed by atoms with E-state index in [1.165, 1.54) is 37.8 Å². The Balaban J connectivity index is 1.66. The van der Waals surface area contributed by atoms with Crippen LogP contribution in [0.25, 0.3) is 11.1 Å². The minimum Gasteiger partial charge on any atom is -0.378 e. The molecular weight excluding hydrogens is 385 g/mol. The summed E-state index contributed by atoms with van der Waals surface area (Å²) in [6.45, 7) is 4.71. The molecule has 2 aromatic carbocycles. The molecule has 1 heterocycles. The maximum absolute atomic E-state index is 14.8. The van der Waals surface area contributed by atoms with E-state index in [0.717, 1.165) is 31.2 Å². The van der Waals surface area contributed by atoms with Crippen molar-refractivity contribution in [2.45, 2.75) is 83.7 Å². The van der Waals surface area contributed by atoms with E-state index in [9.17, 15) is 13.2 Å². The summed E-state index contributed by atoms with van der Waals surface area (Å²) in [6.07, 6.45) is 9.49. The maximum atomic E-state index is 14.8. The summed E-state index contributed by atoms with van der Waals surface area (Å²) in [4.78, 5) is 0. The Morgan fingerprint density at radius 3 is 2.33 bits per heavy atom. The molecule has 0 N–H and O–H groups in total. The van der Waals surface area contributed by atoms with Gasteiger partial charge >= 0.3 is 0 Å². The third kappa shape index (κ3) is 5.46. The van der Waals surface area contributed by atoms with Crippen LogP contribution in [0.2, 0.25) is 0 Å². The third-order valence-electron chi connectivity index (χ3n) is 6.19. The van der Waals surface area contributed by atoms with Gasteiger partial charge in [-0.2, -0.15) is 0 Å². The van der Waals surface area contributed by atoms with Crippen LogP contribution in [-0.4, -0.2) is 12.7 Å². The number of aryl methyl sites for hydroxylation is 1. The quantitative estimate of drug-likeness (QED) is 0.375. The second kappa shape index (κ2) is 11.0. The average molecular weight is 419 g/mol. The maximum Gasteiger partial charge on any atom is 0.167 e. The summed E-state index contributed by atoms with van der Waals surface area (Å²) in [5.41, 5.74) is 1.27. The van der Waals surface area contributed by atoms with Gasteiger partial charge in [0, 0.05) is 17.0 Å². The Morgan fingerprint density at radius 2 is 1.67 bits per heavy atom. The fourth-order valence-electron chi connectivity index (χ4n) is 4.36. The number of unbranched alkanes of at least 4 members (excludes halogenated alkanes) is 3. The molecule has 0 radical (unpaired) electrons. The molecule has 2 aromatic rings. The third-order valence-corrected chi connectivity index (χ3v) is 6.19. The molecule has 2 atom stereocenters. The Kier molecular flexibility index (Phi) is 8.38. The minimum atomic E-state index is -0.973. The number of rotatable bonds is 9. The molecule has 0 spiro atoms. The molecule has 0 saturated carbocycles. The molecule has 1 aliphatic rings. The van der Waals surface area contributed by atoms with E-state index in [0.29, 0.717) is 24.7 Å². The van der Waals surface area contributed by atoms with Gasteiger partial charge in [-0.25, -0.2) is 13.2 Å². The molecule has 4 heteroatoms. The van der Waals surface area contributed by atoms with E-state index in [-0.39, 0.29) is 17.0 Å². The fraction of sp³-hybridized carbons (Fsp3) is 0.538. The van der Waals surface area contributed by atoms with Gasteiger partial charge in [-0.05, 0) is 42.9 Å². The van der Waals surface area contributed by atoms with Crippen molar-refractivity contribution in [2.75, 3.05) is 6.61 Å². The summed E-state index contributed by atoms with van der Waals surface area (Å²) in [5, 5.41) is 0. The van der Waals surface area contributed by atoms with Gasteiger partial charge in [0.1, 0.15) is 5.82 Å². The fourth-order valence-corrected chi connectivity index (χ4v) is 4.36. The van der Waals surface area contributed by atoms with Gasteiger partial charge in [0.15, 0.2) is 11.6 Å². The molecule has 1 saturated heterocycles.